The molecule has 0 spiro atoms. The van der Waals surface area contributed by atoms with E-state index >= 15 is 0 Å². The minimum Gasteiger partial charge on any atom is -0.299 e. The Kier molecular flexibility index (Phi) is 4.28. The van der Waals surface area contributed by atoms with Gasteiger partial charge in [0.2, 0.25) is 0 Å². The molecule has 1 saturated carbocycles. The van der Waals surface area contributed by atoms with E-state index in [2.05, 4.69) is 62.1 Å². The number of aryl methyl sites for hydroxylation is 1. The van der Waals surface area contributed by atoms with Gasteiger partial charge in [0.15, 0.2) is 11.6 Å². The highest BCUT2D eigenvalue weighted by molar-refractivity contribution is 5.56. The van der Waals surface area contributed by atoms with Gasteiger partial charge in [0.05, 0.1) is 6.54 Å². The Morgan fingerprint density at radius 3 is 2.39 bits per heavy atom. The molecule has 0 radical (unpaired) electrons. The van der Waals surface area contributed by atoms with Crippen molar-refractivity contribution in [3.05, 3.63) is 35.7 Å². The Morgan fingerprint density at radius 2 is 1.83 bits per heavy atom. The van der Waals surface area contributed by atoms with E-state index in [1.807, 2.05) is 11.7 Å². The summed E-state index contributed by atoms with van der Waals surface area (Å²) in [5, 5.41) is 4.59. The van der Waals surface area contributed by atoms with Gasteiger partial charge >= 0.3 is 0 Å². The van der Waals surface area contributed by atoms with Gasteiger partial charge in [-0.3, -0.25) is 4.90 Å². The highest BCUT2D eigenvalue weighted by Crippen LogP contribution is 2.29. The van der Waals surface area contributed by atoms with E-state index in [0.717, 1.165) is 36.2 Å². The van der Waals surface area contributed by atoms with Crippen LogP contribution in [0.1, 0.15) is 45.0 Å². The normalized spacial score (nSPS) is 15.4. The summed E-state index contributed by atoms with van der Waals surface area (Å²) in [6.45, 7) is 8.69. The van der Waals surface area contributed by atoms with Crippen molar-refractivity contribution < 1.29 is 0 Å². The molecule has 0 aliphatic heterocycles. The van der Waals surface area contributed by atoms with Crippen LogP contribution in [0.25, 0.3) is 11.4 Å². The molecule has 1 aromatic heterocycles. The lowest BCUT2D eigenvalue weighted by atomic mass is 9.87. The second-order valence-corrected chi connectivity index (χ2v) is 7.94. The largest absolute Gasteiger partial charge is 0.299 e. The Hall–Kier alpha value is -1.68. The summed E-state index contributed by atoms with van der Waals surface area (Å²) >= 11 is 0. The minimum atomic E-state index is 0.176. The molecule has 0 saturated heterocycles. The van der Waals surface area contributed by atoms with Gasteiger partial charge in [-0.05, 0) is 36.8 Å². The molecule has 1 heterocycles. The molecule has 0 amide bonds. The average molecular weight is 312 g/mol. The van der Waals surface area contributed by atoms with Crippen molar-refractivity contribution in [2.24, 2.45) is 13.0 Å². The molecule has 0 bridgehead atoms. The molecule has 1 aliphatic carbocycles. The lowest BCUT2D eigenvalue weighted by Gasteiger charge is -2.19. The molecular formula is C19H28N4. The summed E-state index contributed by atoms with van der Waals surface area (Å²) in [4.78, 5) is 7.08. The maximum absolute atomic E-state index is 4.75. The van der Waals surface area contributed by atoms with Crippen molar-refractivity contribution in [3.8, 4) is 11.4 Å². The average Bonchev–Trinajstić information content (AvgIpc) is 3.20. The Morgan fingerprint density at radius 1 is 1.17 bits per heavy atom. The topological polar surface area (TPSA) is 34.0 Å². The van der Waals surface area contributed by atoms with Crippen molar-refractivity contribution in [2.75, 3.05) is 13.6 Å². The van der Waals surface area contributed by atoms with Crippen LogP contribution in [0.5, 0.6) is 0 Å². The molecule has 1 aromatic carbocycles. The zero-order chi connectivity index (χ0) is 16.6. The first-order chi connectivity index (χ1) is 10.8. The molecule has 3 rings (SSSR count). The monoisotopic (exact) mass is 312 g/mol. The third-order valence-electron chi connectivity index (χ3n) is 4.49. The van der Waals surface area contributed by atoms with Crippen LogP contribution in [0.15, 0.2) is 24.3 Å². The van der Waals surface area contributed by atoms with Crippen molar-refractivity contribution >= 4 is 0 Å². The summed E-state index contributed by atoms with van der Waals surface area (Å²) in [6, 6.07) is 8.70. The fraction of sp³-hybridized carbons (Fsp3) is 0.579. The number of hydrogen-bond acceptors (Lipinski definition) is 3. The fourth-order valence-electron chi connectivity index (χ4n) is 2.92. The molecule has 4 nitrogen and oxygen atoms in total. The number of hydrogen-bond donors (Lipinski definition) is 0. The summed E-state index contributed by atoms with van der Waals surface area (Å²) < 4.78 is 1.90. The third kappa shape index (κ3) is 3.99. The van der Waals surface area contributed by atoms with Gasteiger partial charge in [-0.25, -0.2) is 9.67 Å². The fourth-order valence-corrected chi connectivity index (χ4v) is 2.92. The smallest absolute Gasteiger partial charge is 0.165 e. The first-order valence-corrected chi connectivity index (χ1v) is 8.52. The highest BCUT2D eigenvalue weighted by atomic mass is 15.3. The van der Waals surface area contributed by atoms with Gasteiger partial charge in [0.1, 0.15) is 0 Å². The van der Waals surface area contributed by atoms with E-state index in [1.165, 1.54) is 18.4 Å². The number of benzene rings is 1. The molecule has 23 heavy (non-hydrogen) atoms. The van der Waals surface area contributed by atoms with Gasteiger partial charge in [0.25, 0.3) is 0 Å². The molecule has 2 aromatic rings. The molecule has 124 valence electrons. The number of aromatic nitrogens is 3. The van der Waals surface area contributed by atoms with Crippen molar-refractivity contribution in [2.45, 2.75) is 45.6 Å². The number of nitrogens with zero attached hydrogens (tertiary/aromatic N) is 4. The van der Waals surface area contributed by atoms with E-state index in [1.54, 1.807) is 0 Å². The van der Waals surface area contributed by atoms with Crippen LogP contribution in [0.2, 0.25) is 0 Å². The van der Waals surface area contributed by atoms with E-state index < -0.39 is 0 Å². The predicted octanol–water partition coefficient (Wildman–Crippen LogP) is 3.62. The van der Waals surface area contributed by atoms with Crippen LogP contribution in [0, 0.1) is 5.92 Å². The number of rotatable bonds is 5. The zero-order valence-electron chi connectivity index (χ0n) is 15.0. The lowest BCUT2D eigenvalue weighted by molar-refractivity contribution is 0.305. The van der Waals surface area contributed by atoms with Crippen molar-refractivity contribution in [1.29, 1.82) is 0 Å². The van der Waals surface area contributed by atoms with Crippen LogP contribution in [-0.4, -0.2) is 33.3 Å². The van der Waals surface area contributed by atoms with E-state index in [-0.39, 0.29) is 5.41 Å². The van der Waals surface area contributed by atoms with Gasteiger partial charge < -0.3 is 0 Å². The van der Waals surface area contributed by atoms with Gasteiger partial charge in [-0.15, -0.1) is 0 Å². The summed E-state index contributed by atoms with van der Waals surface area (Å²) in [5.41, 5.74) is 2.65. The molecule has 0 N–H and O–H groups in total. The molecule has 4 heteroatoms. The maximum atomic E-state index is 4.75. The second kappa shape index (κ2) is 6.08. The minimum absolute atomic E-state index is 0.176. The predicted molar refractivity (Wildman–Crippen MR) is 94.2 cm³/mol. The van der Waals surface area contributed by atoms with E-state index in [4.69, 9.17) is 4.98 Å². The Labute approximate surface area is 139 Å². The molecule has 0 unspecified atom stereocenters. The molecule has 1 aliphatic rings. The van der Waals surface area contributed by atoms with Crippen LogP contribution in [0.4, 0.5) is 0 Å². The first kappa shape index (κ1) is 16.2. The zero-order valence-corrected chi connectivity index (χ0v) is 15.0. The molecule has 1 fully saturated rings. The second-order valence-electron chi connectivity index (χ2n) is 7.94. The quantitative estimate of drug-likeness (QED) is 0.845. The van der Waals surface area contributed by atoms with Crippen LogP contribution in [0.3, 0.4) is 0 Å². The Balaban J connectivity index is 1.74. The highest BCUT2D eigenvalue weighted by Gasteiger charge is 2.23. The van der Waals surface area contributed by atoms with Gasteiger partial charge in [-0.2, -0.15) is 5.10 Å². The summed E-state index contributed by atoms with van der Waals surface area (Å²) in [7, 11) is 4.14. The SMILES string of the molecule is CN(Cc1nc(-c2ccc(C(C)(C)C)cc2)n(C)n1)CC1CC1. The van der Waals surface area contributed by atoms with Crippen molar-refractivity contribution in [1.82, 2.24) is 19.7 Å². The standard InChI is InChI=1S/C19H28N4/c1-19(2,3)16-10-8-15(9-11-16)18-20-17(21-23(18)5)13-22(4)12-14-6-7-14/h8-11,14H,6-7,12-13H2,1-5H3. The van der Waals surface area contributed by atoms with Crippen LogP contribution in [-0.2, 0) is 19.0 Å². The summed E-state index contributed by atoms with van der Waals surface area (Å²) in [6.07, 6.45) is 2.76. The Bertz CT molecular complexity index is 660. The van der Waals surface area contributed by atoms with E-state index in [0.29, 0.717) is 0 Å². The van der Waals surface area contributed by atoms with Crippen molar-refractivity contribution in [3.63, 3.8) is 0 Å². The van der Waals surface area contributed by atoms with Gasteiger partial charge in [0, 0.05) is 19.2 Å². The van der Waals surface area contributed by atoms with Crippen LogP contribution < -0.4 is 0 Å². The lowest BCUT2D eigenvalue weighted by Crippen LogP contribution is -2.21. The molecular weight excluding hydrogens is 284 g/mol. The van der Waals surface area contributed by atoms with Gasteiger partial charge in [-0.1, -0.05) is 45.0 Å². The molecule has 0 atom stereocenters. The van der Waals surface area contributed by atoms with Crippen LogP contribution >= 0.6 is 0 Å². The maximum Gasteiger partial charge on any atom is 0.165 e. The first-order valence-electron chi connectivity index (χ1n) is 8.52. The third-order valence-corrected chi connectivity index (χ3v) is 4.49. The summed E-state index contributed by atoms with van der Waals surface area (Å²) in [5.74, 6) is 2.75. The van der Waals surface area contributed by atoms with E-state index in [9.17, 15) is 0 Å².